The fourth-order valence-electron chi connectivity index (χ4n) is 1.15. The van der Waals surface area contributed by atoms with Crippen LogP contribution in [0.1, 0.15) is 38.6 Å². The van der Waals surface area contributed by atoms with Gasteiger partial charge in [-0.15, -0.1) is 0 Å². The molecular weight excluding hydrogens is 217 g/mol. The molecule has 90 valence electrons. The largest absolute Gasteiger partial charge is 0.419 e. The number of aromatic nitrogens is 2. The van der Waals surface area contributed by atoms with Crippen LogP contribution in [-0.4, -0.2) is 9.97 Å². The van der Waals surface area contributed by atoms with Crippen LogP contribution in [0.4, 0.5) is 13.2 Å². The molecule has 2 nitrogen and oxygen atoms in total. The summed E-state index contributed by atoms with van der Waals surface area (Å²) in [6.45, 7) is 6.10. The molecule has 0 saturated heterocycles. The molecule has 1 aromatic rings. The first-order valence-electron chi connectivity index (χ1n) is 5.13. The Morgan fingerprint density at radius 1 is 1.12 bits per heavy atom. The van der Waals surface area contributed by atoms with E-state index in [1.807, 2.05) is 20.8 Å². The monoisotopic (exact) mass is 232 g/mol. The third-order valence-corrected chi connectivity index (χ3v) is 2.63. The Hall–Kier alpha value is -1.13. The third-order valence-electron chi connectivity index (χ3n) is 2.63. The molecule has 0 aliphatic heterocycles. The van der Waals surface area contributed by atoms with Crippen LogP contribution in [0.2, 0.25) is 0 Å². The molecule has 16 heavy (non-hydrogen) atoms. The minimum atomic E-state index is -4.36. The van der Waals surface area contributed by atoms with Crippen molar-refractivity contribution < 1.29 is 13.2 Å². The summed E-state index contributed by atoms with van der Waals surface area (Å²) in [5.74, 6) is 0.458. The van der Waals surface area contributed by atoms with Crippen LogP contribution < -0.4 is 0 Å². The second kappa shape index (κ2) is 4.39. The van der Waals surface area contributed by atoms with Crippen LogP contribution >= 0.6 is 0 Å². The Balaban J connectivity index is 2.80. The van der Waals surface area contributed by atoms with Crippen molar-refractivity contribution in [1.82, 2.24) is 9.97 Å². The molecule has 1 aromatic heterocycles. The first-order chi connectivity index (χ1) is 7.24. The summed E-state index contributed by atoms with van der Waals surface area (Å²) in [5, 5.41) is 0. The molecule has 0 aromatic carbocycles. The maximum atomic E-state index is 12.2. The Labute approximate surface area is 92.9 Å². The van der Waals surface area contributed by atoms with Crippen molar-refractivity contribution in [2.24, 2.45) is 5.41 Å². The summed E-state index contributed by atoms with van der Waals surface area (Å²) in [5.41, 5.74) is -0.787. The van der Waals surface area contributed by atoms with Crippen LogP contribution in [0.3, 0.4) is 0 Å². The van der Waals surface area contributed by atoms with Crippen LogP contribution in [-0.2, 0) is 12.6 Å². The quantitative estimate of drug-likeness (QED) is 0.797. The van der Waals surface area contributed by atoms with Gasteiger partial charge < -0.3 is 0 Å². The van der Waals surface area contributed by atoms with E-state index >= 15 is 0 Å². The second-order valence-electron chi connectivity index (χ2n) is 4.58. The topological polar surface area (TPSA) is 25.8 Å². The van der Waals surface area contributed by atoms with E-state index < -0.39 is 11.7 Å². The highest BCUT2D eigenvalue weighted by Crippen LogP contribution is 2.28. The van der Waals surface area contributed by atoms with E-state index in [0.29, 0.717) is 12.2 Å². The van der Waals surface area contributed by atoms with E-state index in [1.54, 1.807) is 0 Å². The number of hydrogen-bond donors (Lipinski definition) is 0. The zero-order chi connectivity index (χ0) is 12.4. The average Bonchev–Trinajstić information content (AvgIpc) is 2.16. The lowest BCUT2D eigenvalue weighted by molar-refractivity contribution is -0.138. The van der Waals surface area contributed by atoms with E-state index in [4.69, 9.17) is 0 Å². The molecule has 1 rings (SSSR count). The van der Waals surface area contributed by atoms with E-state index in [1.165, 1.54) is 0 Å². The average molecular weight is 232 g/mol. The molecule has 0 N–H and O–H groups in total. The van der Waals surface area contributed by atoms with Gasteiger partial charge in [0.15, 0.2) is 0 Å². The normalized spacial score (nSPS) is 12.9. The zero-order valence-electron chi connectivity index (χ0n) is 9.60. The van der Waals surface area contributed by atoms with E-state index in [0.717, 1.165) is 18.8 Å². The Kier molecular flexibility index (Phi) is 3.55. The van der Waals surface area contributed by atoms with Crippen molar-refractivity contribution in [3.8, 4) is 0 Å². The van der Waals surface area contributed by atoms with Crippen LogP contribution in [0, 0.1) is 5.41 Å². The molecule has 0 radical (unpaired) electrons. The van der Waals surface area contributed by atoms with Crippen LogP contribution in [0.15, 0.2) is 12.4 Å². The standard InChI is InChI=1S/C11H15F3N2/c1-4-10(2,3)5-9-15-6-8(7-16-9)11(12,13)14/h6-7H,4-5H2,1-3H3. The molecule has 0 aliphatic carbocycles. The van der Waals surface area contributed by atoms with Gasteiger partial charge in [0.25, 0.3) is 0 Å². The van der Waals surface area contributed by atoms with Gasteiger partial charge in [0.2, 0.25) is 0 Å². The van der Waals surface area contributed by atoms with E-state index in [-0.39, 0.29) is 5.41 Å². The minimum absolute atomic E-state index is 0.0136. The predicted molar refractivity (Wildman–Crippen MR) is 54.8 cm³/mol. The van der Waals surface area contributed by atoms with Gasteiger partial charge in [-0.3, -0.25) is 0 Å². The summed E-state index contributed by atoms with van der Waals surface area (Å²) in [6, 6.07) is 0. The van der Waals surface area contributed by atoms with Gasteiger partial charge in [0, 0.05) is 18.8 Å². The van der Waals surface area contributed by atoms with Crippen molar-refractivity contribution in [1.29, 1.82) is 0 Å². The molecule has 0 bridgehead atoms. The highest BCUT2D eigenvalue weighted by molar-refractivity contribution is 5.09. The van der Waals surface area contributed by atoms with Crippen molar-refractivity contribution in [3.63, 3.8) is 0 Å². The summed E-state index contributed by atoms with van der Waals surface area (Å²) in [4.78, 5) is 7.49. The summed E-state index contributed by atoms with van der Waals surface area (Å²) < 4.78 is 36.7. The summed E-state index contributed by atoms with van der Waals surface area (Å²) >= 11 is 0. The number of rotatable bonds is 3. The first kappa shape index (κ1) is 12.9. The Bertz CT molecular complexity index is 341. The molecule has 0 saturated carbocycles. The summed E-state index contributed by atoms with van der Waals surface area (Å²) in [6.07, 6.45) is -1.17. The fraction of sp³-hybridized carbons (Fsp3) is 0.636. The SMILES string of the molecule is CCC(C)(C)Cc1ncc(C(F)(F)F)cn1. The smallest absolute Gasteiger partial charge is 0.241 e. The van der Waals surface area contributed by atoms with Crippen molar-refractivity contribution in [2.45, 2.75) is 39.8 Å². The highest BCUT2D eigenvalue weighted by Gasteiger charge is 2.31. The van der Waals surface area contributed by atoms with Gasteiger partial charge in [0.05, 0.1) is 5.56 Å². The van der Waals surface area contributed by atoms with Crippen molar-refractivity contribution >= 4 is 0 Å². The van der Waals surface area contributed by atoms with Crippen LogP contribution in [0.25, 0.3) is 0 Å². The molecule has 0 amide bonds. The lowest BCUT2D eigenvalue weighted by Crippen LogP contribution is -2.16. The maximum Gasteiger partial charge on any atom is 0.419 e. The number of alkyl halides is 3. The van der Waals surface area contributed by atoms with Crippen molar-refractivity contribution in [2.75, 3.05) is 0 Å². The molecule has 0 spiro atoms. The molecule has 1 heterocycles. The van der Waals surface area contributed by atoms with E-state index in [2.05, 4.69) is 9.97 Å². The van der Waals surface area contributed by atoms with Gasteiger partial charge in [-0.2, -0.15) is 13.2 Å². The Morgan fingerprint density at radius 2 is 1.62 bits per heavy atom. The predicted octanol–water partition coefficient (Wildman–Crippen LogP) is 3.47. The fourth-order valence-corrected chi connectivity index (χ4v) is 1.15. The van der Waals surface area contributed by atoms with Gasteiger partial charge in [-0.1, -0.05) is 27.2 Å². The van der Waals surface area contributed by atoms with Gasteiger partial charge in [0.1, 0.15) is 5.82 Å². The van der Waals surface area contributed by atoms with Gasteiger partial charge >= 0.3 is 6.18 Å². The lowest BCUT2D eigenvalue weighted by atomic mass is 9.86. The molecule has 0 atom stereocenters. The molecule has 0 aliphatic rings. The van der Waals surface area contributed by atoms with E-state index in [9.17, 15) is 13.2 Å². The Morgan fingerprint density at radius 3 is 2.00 bits per heavy atom. The van der Waals surface area contributed by atoms with Gasteiger partial charge in [-0.25, -0.2) is 9.97 Å². The minimum Gasteiger partial charge on any atom is -0.241 e. The third kappa shape index (κ3) is 3.47. The molecule has 0 unspecified atom stereocenters. The van der Waals surface area contributed by atoms with Crippen LogP contribution in [0.5, 0.6) is 0 Å². The first-order valence-corrected chi connectivity index (χ1v) is 5.13. The lowest BCUT2D eigenvalue weighted by Gasteiger charge is -2.21. The second-order valence-corrected chi connectivity index (χ2v) is 4.58. The maximum absolute atomic E-state index is 12.2. The molecule has 5 heteroatoms. The number of nitrogens with zero attached hydrogens (tertiary/aromatic N) is 2. The number of halogens is 3. The molecule has 0 fully saturated rings. The highest BCUT2D eigenvalue weighted by atomic mass is 19.4. The number of hydrogen-bond acceptors (Lipinski definition) is 2. The summed E-state index contributed by atoms with van der Waals surface area (Å²) in [7, 11) is 0. The van der Waals surface area contributed by atoms with Crippen molar-refractivity contribution in [3.05, 3.63) is 23.8 Å². The zero-order valence-corrected chi connectivity index (χ0v) is 9.60. The molecular formula is C11H15F3N2. The van der Waals surface area contributed by atoms with Gasteiger partial charge in [-0.05, 0) is 5.41 Å².